The molecule has 94 valence electrons. The largest absolute Gasteiger partial charge is 0.346 e. The lowest BCUT2D eigenvalue weighted by atomic mass is 10.0. The molecule has 2 aromatic heterocycles. The number of pyridine rings is 1. The zero-order valence-electron chi connectivity index (χ0n) is 10.4. The van der Waals surface area contributed by atoms with Gasteiger partial charge in [0.2, 0.25) is 5.13 Å². The third kappa shape index (κ3) is 2.22. The van der Waals surface area contributed by atoms with E-state index in [4.69, 9.17) is 0 Å². The number of aryl methyl sites for hydroxylation is 1. The molecule has 0 radical (unpaired) electrons. The van der Waals surface area contributed by atoms with Crippen molar-refractivity contribution in [1.29, 1.82) is 0 Å². The third-order valence-corrected chi connectivity index (χ3v) is 4.15. The highest BCUT2D eigenvalue weighted by Gasteiger charge is 2.26. The predicted octanol–water partition coefficient (Wildman–Crippen LogP) is 2.49. The Morgan fingerprint density at radius 3 is 3.11 bits per heavy atom. The molecular formula is C13H16N4S. The SMILES string of the molecule is CCc1nsc(N2CCC(c3ccccn3)C2)n1. The van der Waals surface area contributed by atoms with Crippen LogP contribution in [-0.2, 0) is 6.42 Å². The van der Waals surface area contributed by atoms with Crippen LogP contribution in [0.25, 0.3) is 0 Å². The number of anilines is 1. The standard InChI is InChI=1S/C13H16N4S/c1-2-12-15-13(18-16-12)17-8-6-10(9-17)11-5-3-4-7-14-11/h3-5,7,10H,2,6,8-9H2,1H3. The second-order valence-electron chi connectivity index (χ2n) is 4.53. The van der Waals surface area contributed by atoms with Crippen LogP contribution < -0.4 is 4.90 Å². The summed E-state index contributed by atoms with van der Waals surface area (Å²) >= 11 is 1.51. The molecule has 5 heteroatoms. The Morgan fingerprint density at radius 1 is 1.44 bits per heavy atom. The molecule has 3 rings (SSSR count). The van der Waals surface area contributed by atoms with Crippen molar-refractivity contribution >= 4 is 16.7 Å². The van der Waals surface area contributed by atoms with E-state index in [1.807, 2.05) is 12.3 Å². The summed E-state index contributed by atoms with van der Waals surface area (Å²) in [5.74, 6) is 1.48. The smallest absolute Gasteiger partial charge is 0.205 e. The minimum absolute atomic E-state index is 0.528. The molecule has 0 aliphatic carbocycles. The average Bonchev–Trinajstić information content (AvgIpc) is 3.08. The van der Waals surface area contributed by atoms with E-state index in [9.17, 15) is 0 Å². The van der Waals surface area contributed by atoms with Gasteiger partial charge in [-0.25, -0.2) is 4.98 Å². The highest BCUT2D eigenvalue weighted by atomic mass is 32.1. The Kier molecular flexibility index (Phi) is 3.23. The number of aromatic nitrogens is 3. The highest BCUT2D eigenvalue weighted by Crippen LogP contribution is 2.30. The lowest BCUT2D eigenvalue weighted by Crippen LogP contribution is -2.19. The quantitative estimate of drug-likeness (QED) is 0.850. The van der Waals surface area contributed by atoms with Crippen LogP contribution in [0.5, 0.6) is 0 Å². The molecular weight excluding hydrogens is 244 g/mol. The normalized spacial score (nSPS) is 19.4. The van der Waals surface area contributed by atoms with Crippen molar-refractivity contribution in [2.75, 3.05) is 18.0 Å². The maximum absolute atomic E-state index is 4.55. The summed E-state index contributed by atoms with van der Waals surface area (Å²) in [6, 6.07) is 6.14. The Labute approximate surface area is 111 Å². The van der Waals surface area contributed by atoms with E-state index in [0.717, 1.165) is 36.9 Å². The molecule has 1 aliphatic heterocycles. The molecule has 0 bridgehead atoms. The fourth-order valence-corrected chi connectivity index (χ4v) is 3.09. The van der Waals surface area contributed by atoms with Crippen LogP contribution in [0, 0.1) is 0 Å². The summed E-state index contributed by atoms with van der Waals surface area (Å²) in [6.45, 7) is 4.15. The van der Waals surface area contributed by atoms with E-state index in [-0.39, 0.29) is 0 Å². The van der Waals surface area contributed by atoms with Gasteiger partial charge in [0.1, 0.15) is 5.82 Å². The third-order valence-electron chi connectivity index (χ3n) is 3.34. The number of hydrogen-bond donors (Lipinski definition) is 0. The molecule has 1 unspecified atom stereocenters. The molecule has 3 heterocycles. The number of rotatable bonds is 3. The molecule has 0 N–H and O–H groups in total. The van der Waals surface area contributed by atoms with Crippen LogP contribution in [0.2, 0.25) is 0 Å². The van der Waals surface area contributed by atoms with Gasteiger partial charge in [0.15, 0.2) is 0 Å². The number of nitrogens with zero attached hydrogens (tertiary/aromatic N) is 4. The Morgan fingerprint density at radius 2 is 2.39 bits per heavy atom. The van der Waals surface area contributed by atoms with Crippen LogP contribution in [0.4, 0.5) is 5.13 Å². The molecule has 2 aromatic rings. The second kappa shape index (κ2) is 5.02. The minimum Gasteiger partial charge on any atom is -0.346 e. The fourth-order valence-electron chi connectivity index (χ4n) is 2.31. The minimum atomic E-state index is 0.528. The van der Waals surface area contributed by atoms with Gasteiger partial charge < -0.3 is 4.90 Å². The fraction of sp³-hybridized carbons (Fsp3) is 0.462. The van der Waals surface area contributed by atoms with Gasteiger partial charge in [0.05, 0.1) is 0 Å². The molecule has 1 saturated heterocycles. The molecule has 18 heavy (non-hydrogen) atoms. The van der Waals surface area contributed by atoms with Gasteiger partial charge in [0, 0.05) is 48.9 Å². The van der Waals surface area contributed by atoms with E-state index in [2.05, 4.69) is 38.3 Å². The van der Waals surface area contributed by atoms with Crippen molar-refractivity contribution in [1.82, 2.24) is 14.3 Å². The van der Waals surface area contributed by atoms with Crippen molar-refractivity contribution in [3.8, 4) is 0 Å². The first-order valence-corrected chi connectivity index (χ1v) is 7.12. The van der Waals surface area contributed by atoms with Gasteiger partial charge in [-0.3, -0.25) is 4.98 Å². The molecule has 0 spiro atoms. The van der Waals surface area contributed by atoms with Gasteiger partial charge in [-0.15, -0.1) is 0 Å². The molecule has 0 amide bonds. The molecule has 0 aromatic carbocycles. The van der Waals surface area contributed by atoms with Crippen LogP contribution >= 0.6 is 11.5 Å². The first-order valence-electron chi connectivity index (χ1n) is 6.35. The topological polar surface area (TPSA) is 41.9 Å². The lowest BCUT2D eigenvalue weighted by Gasteiger charge is -2.13. The average molecular weight is 260 g/mol. The zero-order valence-corrected chi connectivity index (χ0v) is 11.2. The Bertz CT molecular complexity index is 511. The van der Waals surface area contributed by atoms with Gasteiger partial charge in [-0.05, 0) is 18.6 Å². The van der Waals surface area contributed by atoms with Gasteiger partial charge in [-0.2, -0.15) is 4.37 Å². The molecule has 1 aliphatic rings. The van der Waals surface area contributed by atoms with Crippen molar-refractivity contribution < 1.29 is 0 Å². The van der Waals surface area contributed by atoms with Crippen LogP contribution in [0.15, 0.2) is 24.4 Å². The van der Waals surface area contributed by atoms with Crippen LogP contribution in [-0.4, -0.2) is 27.4 Å². The van der Waals surface area contributed by atoms with E-state index in [0.29, 0.717) is 5.92 Å². The van der Waals surface area contributed by atoms with Crippen molar-refractivity contribution in [3.63, 3.8) is 0 Å². The van der Waals surface area contributed by atoms with Crippen molar-refractivity contribution in [2.24, 2.45) is 0 Å². The summed E-state index contributed by atoms with van der Waals surface area (Å²) in [7, 11) is 0. The number of hydrogen-bond acceptors (Lipinski definition) is 5. The molecule has 1 fully saturated rings. The monoisotopic (exact) mass is 260 g/mol. The summed E-state index contributed by atoms with van der Waals surface area (Å²) < 4.78 is 4.35. The molecule has 4 nitrogen and oxygen atoms in total. The maximum Gasteiger partial charge on any atom is 0.205 e. The van der Waals surface area contributed by atoms with E-state index in [1.54, 1.807) is 0 Å². The first-order chi connectivity index (χ1) is 8.86. The molecule has 1 atom stereocenters. The second-order valence-corrected chi connectivity index (χ2v) is 5.26. The van der Waals surface area contributed by atoms with Gasteiger partial charge in [-0.1, -0.05) is 13.0 Å². The van der Waals surface area contributed by atoms with Gasteiger partial charge in [0.25, 0.3) is 0 Å². The summed E-state index contributed by atoms with van der Waals surface area (Å²) in [6.07, 6.45) is 3.93. The van der Waals surface area contributed by atoms with Crippen LogP contribution in [0.3, 0.4) is 0 Å². The van der Waals surface area contributed by atoms with Gasteiger partial charge >= 0.3 is 0 Å². The van der Waals surface area contributed by atoms with Crippen LogP contribution in [0.1, 0.15) is 30.8 Å². The summed E-state index contributed by atoms with van der Waals surface area (Å²) in [4.78, 5) is 11.3. The summed E-state index contributed by atoms with van der Waals surface area (Å²) in [5.41, 5.74) is 1.19. The van der Waals surface area contributed by atoms with Crippen molar-refractivity contribution in [3.05, 3.63) is 35.9 Å². The first kappa shape index (κ1) is 11.6. The summed E-state index contributed by atoms with van der Waals surface area (Å²) in [5, 5.41) is 1.06. The van der Waals surface area contributed by atoms with Crippen molar-refractivity contribution in [2.45, 2.75) is 25.7 Å². The zero-order chi connectivity index (χ0) is 12.4. The van der Waals surface area contributed by atoms with E-state index in [1.165, 1.54) is 17.2 Å². The molecule has 0 saturated carbocycles. The Hall–Kier alpha value is -1.49. The van der Waals surface area contributed by atoms with E-state index >= 15 is 0 Å². The lowest BCUT2D eigenvalue weighted by molar-refractivity contribution is 0.744. The Balaban J connectivity index is 1.72. The van der Waals surface area contributed by atoms with E-state index < -0.39 is 0 Å². The predicted molar refractivity (Wildman–Crippen MR) is 73.1 cm³/mol. The maximum atomic E-state index is 4.55. The highest BCUT2D eigenvalue weighted by molar-refractivity contribution is 7.09.